The van der Waals surface area contributed by atoms with E-state index in [1.54, 1.807) is 54.6 Å². The number of H-pyrrole nitrogens is 3. The average Bonchev–Trinajstić information content (AvgIpc) is 1.56. The maximum absolute atomic E-state index is 16.0. The van der Waals surface area contributed by atoms with Crippen molar-refractivity contribution in [1.82, 2.24) is 38.9 Å². The normalized spacial score (nSPS) is 33.5. The Hall–Kier alpha value is -10.6. The number of fused-ring (bicyclic) bond motifs is 4. The van der Waals surface area contributed by atoms with Crippen molar-refractivity contribution in [2.24, 2.45) is 0 Å². The van der Waals surface area contributed by atoms with Crippen LogP contribution in [0, 0.1) is 63.7 Å². The van der Waals surface area contributed by atoms with Gasteiger partial charge in [-0.05, 0) is 60.9 Å². The summed E-state index contributed by atoms with van der Waals surface area (Å²) in [6.07, 6.45) is -3.11. The highest BCUT2D eigenvalue weighted by Crippen LogP contribution is 2.62. The molecule has 704 valence electrons. The van der Waals surface area contributed by atoms with E-state index >= 15 is 17.6 Å². The van der Waals surface area contributed by atoms with E-state index in [2.05, 4.69) is 38.7 Å². The van der Waals surface area contributed by atoms with Crippen molar-refractivity contribution in [2.45, 2.75) is 124 Å². The van der Waals surface area contributed by atoms with E-state index < -0.39 is 188 Å². The van der Waals surface area contributed by atoms with Crippen LogP contribution in [0.15, 0.2) is 130 Å². The van der Waals surface area contributed by atoms with Crippen LogP contribution in [-0.2, 0) is 105 Å². The van der Waals surface area contributed by atoms with Crippen LogP contribution >= 0.6 is 67.9 Å². The van der Waals surface area contributed by atoms with E-state index in [1.165, 1.54) is 46.6 Å². The fourth-order valence-corrected chi connectivity index (χ4v) is 18.2. The van der Waals surface area contributed by atoms with E-state index in [0.29, 0.717) is 31.7 Å². The number of methoxy groups -OCH3 is 4. The van der Waals surface area contributed by atoms with Crippen molar-refractivity contribution in [3.8, 4) is 95.4 Å². The first kappa shape index (κ1) is 90.6. The number of alkyl halides is 4. The van der Waals surface area contributed by atoms with Crippen LogP contribution in [0.1, 0.15) is 65.8 Å². The zero-order valence-electron chi connectivity index (χ0n) is 73.6. The fourth-order valence-electron chi connectivity index (χ4n) is 12.8. The van der Waals surface area contributed by atoms with Gasteiger partial charge in [-0.3, -0.25) is 84.0 Å². The first-order valence-electron chi connectivity index (χ1n) is 40.2. The number of hydrogen-bond acceptors (Lipinski definition) is 40. The largest absolute Gasteiger partial charge is 0.530 e. The van der Waals surface area contributed by atoms with Crippen LogP contribution in [0.3, 0.4) is 0 Å². The predicted octanol–water partition coefficient (Wildman–Crippen LogP) is 5.53. The molecule has 0 saturated carbocycles. The Morgan fingerprint density at radius 1 is 0.470 bits per heavy atom. The molecular weight excluding hydrogens is 1910 g/mol. The molecule has 9 aliphatic rings. The molecule has 55 heteroatoms. The van der Waals surface area contributed by atoms with Crippen LogP contribution in [0.4, 0.5) is 17.6 Å². The topological polar surface area (TPSA) is 560 Å². The highest BCUT2D eigenvalue weighted by Gasteiger charge is 2.63. The average molecular weight is 1990 g/mol. The summed E-state index contributed by atoms with van der Waals surface area (Å²) in [5, 5.41) is 85.4. The minimum absolute atomic E-state index is 0.0663. The highest BCUT2D eigenvalue weighted by molar-refractivity contribution is 7.71. The van der Waals surface area contributed by atoms with Crippen molar-refractivity contribution < 1.29 is 182 Å². The number of benzene rings is 4. The second-order valence-electron chi connectivity index (χ2n) is 27.9. The number of aliphatic hydroxyl groups excluding tert-OH is 8. The summed E-state index contributed by atoms with van der Waals surface area (Å²) < 4.78 is 267. The standard InChI is InChI=1S/C20H20FN2O9P.3C19H18FN2O9PS/c1-4-12-8-23(11(2)22-18(12)26)19-15(24)17(25)20(21,31-19)10-30-33(27)29-9-13-6-5-7-14(28-3)16(13)32-33;3*1-3-10-7-22(18(33)21-16(10)25)17-13(23)15(24)19(20,30-17)9-29-32(26)28-8-11-5-4-6-12(27-2)14(11)31-32/h1,5-8,15,17,19,24-25H,2,9-10H2,3H3,(H,22,26);3*1,4-7,13,15,17,23-24H,8-9H2,2H3,(H,21,25,33)/t15-,17+,19-,20-,33?;3*13-,15+,17-,19-,32?/m1111/s1/i10D2,19D;17D;9D2;. The molecule has 4 saturated heterocycles. The number of aromatic nitrogens is 6. The molecule has 4 unspecified atom stereocenters. The summed E-state index contributed by atoms with van der Waals surface area (Å²) in [4.78, 5) is 54.5. The van der Waals surface area contributed by atoms with Gasteiger partial charge in [0.1, 0.15) is 103 Å². The van der Waals surface area contributed by atoms with E-state index in [4.69, 9.17) is 163 Å². The molecule has 7 aromatic rings. The van der Waals surface area contributed by atoms with Gasteiger partial charge in [-0.25, -0.2) is 35.8 Å². The van der Waals surface area contributed by atoms with Gasteiger partial charge in [0.05, 0.1) is 63.1 Å². The number of phosphoric acid groups is 4. The molecule has 9 aliphatic heterocycles. The molecule has 4 aromatic carbocycles. The third-order valence-corrected chi connectivity index (χ3v) is 25.4. The summed E-state index contributed by atoms with van der Waals surface area (Å²) in [6.45, 7) is -7.62. The number of carbonyl (C=O) groups excluding carboxylic acids is 1. The molecule has 16 rings (SSSR count). The molecule has 0 aliphatic carbocycles. The van der Waals surface area contributed by atoms with Crippen molar-refractivity contribution in [1.29, 1.82) is 0 Å². The number of aromatic amines is 3. The molecule has 12 heterocycles. The van der Waals surface area contributed by atoms with Gasteiger partial charge in [-0.15, -0.1) is 25.7 Å². The lowest BCUT2D eigenvalue weighted by Gasteiger charge is -2.33. The second-order valence-corrected chi connectivity index (χ2v) is 35.2. The lowest BCUT2D eigenvalue weighted by molar-refractivity contribution is -0.208. The third kappa shape index (κ3) is 20.0. The van der Waals surface area contributed by atoms with Gasteiger partial charge in [0.25, 0.3) is 46.0 Å². The number of para-hydroxylation sites is 4. The van der Waals surface area contributed by atoms with E-state index in [-0.39, 0.29) is 104 Å². The number of hydrogen-bond donors (Lipinski definition) is 12. The van der Waals surface area contributed by atoms with Gasteiger partial charge in [0, 0.05) is 47.0 Å². The molecule has 0 radical (unpaired) electrons. The lowest BCUT2D eigenvalue weighted by Crippen LogP contribution is -2.47. The quantitative estimate of drug-likeness (QED) is 0.0193. The fraction of sp³-hybridized carbons (Fsp3) is 0.364. The number of carbonyl (C=O) groups is 1. The Bertz CT molecular complexity index is 6810. The van der Waals surface area contributed by atoms with E-state index in [1.807, 2.05) is 11.8 Å². The van der Waals surface area contributed by atoms with Crippen LogP contribution in [0.5, 0.6) is 46.0 Å². The van der Waals surface area contributed by atoms with Gasteiger partial charge >= 0.3 is 31.3 Å². The summed E-state index contributed by atoms with van der Waals surface area (Å²) in [7, 11) is -13.2. The Balaban J connectivity index is 0.000000155. The molecule has 12 N–H and O–H groups in total. The van der Waals surface area contributed by atoms with Crippen LogP contribution in [0.2, 0.25) is 0 Å². The molecule has 1 amide bonds. The molecule has 0 spiro atoms. The van der Waals surface area contributed by atoms with E-state index in [0.717, 1.165) is 33.9 Å². The van der Waals surface area contributed by atoms with Crippen molar-refractivity contribution >= 4 is 73.9 Å². The van der Waals surface area contributed by atoms with Gasteiger partial charge in [0.15, 0.2) is 85.2 Å². The number of amides is 1. The summed E-state index contributed by atoms with van der Waals surface area (Å²) in [5.74, 6) is -6.38. The summed E-state index contributed by atoms with van der Waals surface area (Å²) in [6, 6.07) is 19.0. The number of aliphatic hydroxyl groups is 8. The minimum atomic E-state index is -4.91. The third-order valence-electron chi connectivity index (χ3n) is 19.6. The van der Waals surface area contributed by atoms with Crippen LogP contribution < -0.4 is 59.0 Å². The number of ether oxygens (including phenoxy) is 8. The first-order valence-corrected chi connectivity index (χ1v) is 44.2. The van der Waals surface area contributed by atoms with Crippen LogP contribution in [-0.4, -0.2) is 214 Å². The zero-order chi connectivity index (χ0) is 101. The molecule has 132 heavy (non-hydrogen) atoms. The maximum atomic E-state index is 16.0. The number of rotatable bonds is 20. The second kappa shape index (κ2) is 39.2. The highest BCUT2D eigenvalue weighted by atomic mass is 32.1. The zero-order valence-corrected chi connectivity index (χ0v) is 73.6. The Kier molecular flexibility index (Phi) is 26.9. The molecule has 4 fully saturated rings. The summed E-state index contributed by atoms with van der Waals surface area (Å²) >= 11 is 15.0. The monoisotopic (exact) mass is 1990 g/mol. The maximum Gasteiger partial charge on any atom is 0.530 e. The molecule has 20 atom stereocenters. The van der Waals surface area contributed by atoms with Gasteiger partial charge in [0.2, 0.25) is 0 Å². The predicted molar refractivity (Wildman–Crippen MR) is 444 cm³/mol. The van der Waals surface area contributed by atoms with Crippen LogP contribution in [0.25, 0.3) is 0 Å². The SMILES string of the molecule is C#Cc1cn([C@@H]2O[C@](F)(COP3(=O)OCc4cccc(OC)c4O3)[C@@H](O)[C@H]2O)c(=S)[nH]c1=O.[2H]C([2H])(OP1(=O)OCc2cccc(OC)c2O1)[C@@]1(F)O[C@@H](n2cc(C#C)c(=O)[nH]c2=S)[C@H](O)[C@@H]1O.[2H]C([2H])(OP1(=O)OCc2cccc(OC)c2O1)[C@@]1(F)O[C@@]([2H])(N2C=C(C#C)C(=O)NC2=C)[C@H](O)[C@@H]1O.[2H][C@@]1(n2cc(C#C)c(=O)[nH]c2=S)O[C@](F)(COP2(=O)OCc3cccc(OC)c3O2)[C@@H](O)[C@H]1O. The molecule has 0 bridgehead atoms. The lowest BCUT2D eigenvalue weighted by atomic mass is 10.1. The number of nitrogens with zero attached hydrogens (tertiary/aromatic N) is 4. The smallest absolute Gasteiger partial charge is 0.493 e. The minimum Gasteiger partial charge on any atom is -0.493 e. The molecule has 44 nitrogen and oxygen atoms in total. The number of phosphoric ester groups is 4. The Labute approximate surface area is 764 Å². The number of halogens is 4. The van der Waals surface area contributed by atoms with Crippen molar-refractivity contribution in [3.05, 3.63) is 200 Å². The summed E-state index contributed by atoms with van der Waals surface area (Å²) in [5.41, 5.74) is -1.44. The van der Waals surface area contributed by atoms with Crippen molar-refractivity contribution in [2.75, 3.05) is 54.8 Å². The van der Waals surface area contributed by atoms with Gasteiger partial charge < -0.3 is 107 Å². The molecule has 3 aromatic heterocycles. The Morgan fingerprint density at radius 3 is 1.14 bits per heavy atom. The number of nitrogens with one attached hydrogen (secondary N) is 4. The van der Waals surface area contributed by atoms with Crippen molar-refractivity contribution in [3.63, 3.8) is 0 Å². The Morgan fingerprint density at radius 2 is 0.773 bits per heavy atom. The first-order chi connectivity index (χ1) is 64.6. The van der Waals surface area contributed by atoms with Gasteiger partial charge in [-0.1, -0.05) is 78.8 Å². The molecular formula is C77H74F4N8O36P4S3. The number of terminal acetylenes is 4. The van der Waals surface area contributed by atoms with E-state index in [9.17, 15) is 78.3 Å². The van der Waals surface area contributed by atoms with Gasteiger partial charge in [-0.2, -0.15) is 0 Å².